The van der Waals surface area contributed by atoms with Gasteiger partial charge in [-0.1, -0.05) is 34.4 Å². The van der Waals surface area contributed by atoms with Crippen LogP contribution in [-0.4, -0.2) is 16.7 Å². The molecule has 2 rings (SSSR count). The van der Waals surface area contributed by atoms with Gasteiger partial charge in [-0.2, -0.15) is 4.98 Å². The fourth-order valence-corrected chi connectivity index (χ4v) is 1.93. The van der Waals surface area contributed by atoms with E-state index < -0.39 is 0 Å². The summed E-state index contributed by atoms with van der Waals surface area (Å²) < 4.78 is 5.10. The molecule has 1 N–H and O–H groups in total. The maximum absolute atomic E-state index is 5.92. The molecule has 4 nitrogen and oxygen atoms in total. The molecule has 6 heteroatoms. The topological polar surface area (TPSA) is 51.0 Å². The van der Waals surface area contributed by atoms with Crippen molar-refractivity contribution in [2.24, 2.45) is 0 Å². The van der Waals surface area contributed by atoms with Gasteiger partial charge in [0.25, 0.3) is 0 Å². The van der Waals surface area contributed by atoms with Crippen molar-refractivity contribution >= 4 is 23.2 Å². The molecule has 0 amide bonds. The highest BCUT2D eigenvalue weighted by molar-refractivity contribution is 6.35. The summed E-state index contributed by atoms with van der Waals surface area (Å²) in [6.07, 6.45) is 1.76. The second kappa shape index (κ2) is 6.00. The van der Waals surface area contributed by atoms with E-state index in [2.05, 4.69) is 22.0 Å². The lowest BCUT2D eigenvalue weighted by Gasteiger charge is -1.97. The zero-order valence-electron chi connectivity index (χ0n) is 9.49. The third kappa shape index (κ3) is 3.32. The molecular weight excluding hydrogens is 273 g/mol. The van der Waals surface area contributed by atoms with E-state index in [1.54, 1.807) is 24.3 Å². The van der Waals surface area contributed by atoms with Crippen LogP contribution in [0.5, 0.6) is 0 Å². The van der Waals surface area contributed by atoms with Crippen molar-refractivity contribution in [3.8, 4) is 11.4 Å². The molecule has 0 fully saturated rings. The Morgan fingerprint density at radius 2 is 2.00 bits per heavy atom. The van der Waals surface area contributed by atoms with Crippen LogP contribution in [0, 0.1) is 0 Å². The Kier molecular flexibility index (Phi) is 4.36. The molecule has 0 bridgehead atoms. The number of benzene rings is 1. The molecule has 18 heavy (non-hydrogen) atoms. The number of halogens is 2. The maximum atomic E-state index is 5.92. The monoisotopic (exact) mass is 283 g/mol. The van der Waals surface area contributed by atoms with Gasteiger partial charge < -0.3 is 9.84 Å². The van der Waals surface area contributed by atoms with Crippen LogP contribution in [0.2, 0.25) is 10.0 Å². The molecule has 0 aliphatic rings. The predicted octanol–water partition coefficient (Wildman–Crippen LogP) is 3.32. The Morgan fingerprint density at radius 1 is 1.28 bits per heavy atom. The van der Waals surface area contributed by atoms with E-state index >= 15 is 0 Å². The highest BCUT2D eigenvalue weighted by Gasteiger charge is 2.09. The average molecular weight is 284 g/mol. The van der Waals surface area contributed by atoms with Crippen LogP contribution in [-0.2, 0) is 6.54 Å². The first-order valence-corrected chi connectivity index (χ1v) is 6.05. The zero-order valence-corrected chi connectivity index (χ0v) is 11.0. The summed E-state index contributed by atoms with van der Waals surface area (Å²) in [5, 5.41) is 8.02. The number of hydrogen-bond donors (Lipinski definition) is 1. The molecule has 94 valence electrons. The normalized spacial score (nSPS) is 10.6. The summed E-state index contributed by atoms with van der Waals surface area (Å²) in [4.78, 5) is 4.24. The number of rotatable bonds is 5. The van der Waals surface area contributed by atoms with Gasteiger partial charge in [0.2, 0.25) is 11.7 Å². The average Bonchev–Trinajstić information content (AvgIpc) is 2.77. The van der Waals surface area contributed by atoms with Crippen molar-refractivity contribution < 1.29 is 4.52 Å². The minimum absolute atomic E-state index is 0.467. The van der Waals surface area contributed by atoms with E-state index in [4.69, 9.17) is 27.7 Å². The van der Waals surface area contributed by atoms with Gasteiger partial charge in [-0.25, -0.2) is 0 Å². The van der Waals surface area contributed by atoms with Gasteiger partial charge in [-0.3, -0.25) is 0 Å². The van der Waals surface area contributed by atoms with Crippen LogP contribution in [0.25, 0.3) is 11.4 Å². The SMILES string of the molecule is C=CCNCc1nc(-c2cc(Cl)cc(Cl)c2)no1. The van der Waals surface area contributed by atoms with Crippen LogP contribution in [0.1, 0.15) is 5.89 Å². The Bertz CT molecular complexity index is 534. The number of nitrogens with one attached hydrogen (secondary N) is 1. The minimum Gasteiger partial charge on any atom is -0.338 e. The van der Waals surface area contributed by atoms with Crippen molar-refractivity contribution in [1.29, 1.82) is 0 Å². The van der Waals surface area contributed by atoms with Crippen LogP contribution in [0.4, 0.5) is 0 Å². The van der Waals surface area contributed by atoms with Crippen molar-refractivity contribution in [1.82, 2.24) is 15.5 Å². The van der Waals surface area contributed by atoms with E-state index in [-0.39, 0.29) is 0 Å². The molecule has 0 saturated heterocycles. The van der Waals surface area contributed by atoms with Gasteiger partial charge in [0.05, 0.1) is 6.54 Å². The van der Waals surface area contributed by atoms with Gasteiger partial charge in [0, 0.05) is 22.2 Å². The lowest BCUT2D eigenvalue weighted by atomic mass is 10.2. The van der Waals surface area contributed by atoms with Gasteiger partial charge in [0.1, 0.15) is 0 Å². The second-order valence-electron chi connectivity index (χ2n) is 3.59. The largest absolute Gasteiger partial charge is 0.338 e. The highest BCUT2D eigenvalue weighted by Crippen LogP contribution is 2.25. The molecule has 0 aliphatic carbocycles. The van der Waals surface area contributed by atoms with E-state index in [0.717, 1.165) is 5.56 Å². The summed E-state index contributed by atoms with van der Waals surface area (Å²) in [5.74, 6) is 0.970. The summed E-state index contributed by atoms with van der Waals surface area (Å²) in [6.45, 7) is 4.78. The quantitative estimate of drug-likeness (QED) is 0.676. The number of hydrogen-bond acceptors (Lipinski definition) is 4. The molecular formula is C12H11Cl2N3O. The molecule has 0 atom stereocenters. The predicted molar refractivity (Wildman–Crippen MR) is 71.7 cm³/mol. The van der Waals surface area contributed by atoms with E-state index in [9.17, 15) is 0 Å². The molecule has 1 aromatic heterocycles. The molecule has 0 saturated carbocycles. The first-order chi connectivity index (χ1) is 8.69. The fourth-order valence-electron chi connectivity index (χ4n) is 1.41. The third-order valence-electron chi connectivity index (χ3n) is 2.15. The van der Waals surface area contributed by atoms with Crippen LogP contribution in [0.3, 0.4) is 0 Å². The van der Waals surface area contributed by atoms with E-state index in [0.29, 0.717) is 34.8 Å². The standard InChI is InChI=1S/C12H11Cl2N3O/c1-2-3-15-7-11-16-12(17-18-11)8-4-9(13)6-10(14)5-8/h2,4-6,15H,1,3,7H2. The maximum Gasteiger partial charge on any atom is 0.240 e. The molecule has 0 aliphatic heterocycles. The first-order valence-electron chi connectivity index (χ1n) is 5.29. The second-order valence-corrected chi connectivity index (χ2v) is 4.46. The Morgan fingerprint density at radius 3 is 2.67 bits per heavy atom. The summed E-state index contributed by atoms with van der Waals surface area (Å²) in [5.41, 5.74) is 0.728. The first kappa shape index (κ1) is 13.1. The van der Waals surface area contributed by atoms with Gasteiger partial charge in [-0.05, 0) is 18.2 Å². The van der Waals surface area contributed by atoms with Crippen molar-refractivity contribution in [2.45, 2.75) is 6.54 Å². The highest BCUT2D eigenvalue weighted by atomic mass is 35.5. The van der Waals surface area contributed by atoms with Crippen molar-refractivity contribution in [2.75, 3.05) is 6.54 Å². The Labute approximate surface area is 115 Å². The molecule has 1 heterocycles. The van der Waals surface area contributed by atoms with E-state index in [1.165, 1.54) is 0 Å². The number of nitrogens with zero attached hydrogens (tertiary/aromatic N) is 2. The van der Waals surface area contributed by atoms with Crippen LogP contribution in [0.15, 0.2) is 35.4 Å². The smallest absolute Gasteiger partial charge is 0.240 e. The van der Waals surface area contributed by atoms with Gasteiger partial charge >= 0.3 is 0 Å². The third-order valence-corrected chi connectivity index (χ3v) is 2.59. The number of aromatic nitrogens is 2. The fraction of sp³-hybridized carbons (Fsp3) is 0.167. The van der Waals surface area contributed by atoms with E-state index in [1.807, 2.05) is 0 Å². The molecule has 2 aromatic rings. The Hall–Kier alpha value is -1.36. The summed E-state index contributed by atoms with van der Waals surface area (Å²) >= 11 is 11.8. The van der Waals surface area contributed by atoms with Crippen molar-refractivity contribution in [3.05, 3.63) is 46.8 Å². The molecule has 1 aromatic carbocycles. The molecule has 0 spiro atoms. The Balaban J connectivity index is 2.15. The zero-order chi connectivity index (χ0) is 13.0. The van der Waals surface area contributed by atoms with Crippen molar-refractivity contribution in [3.63, 3.8) is 0 Å². The van der Waals surface area contributed by atoms with Gasteiger partial charge in [0.15, 0.2) is 0 Å². The lowest BCUT2D eigenvalue weighted by Crippen LogP contribution is -2.12. The minimum atomic E-state index is 0.467. The van der Waals surface area contributed by atoms with Gasteiger partial charge in [-0.15, -0.1) is 6.58 Å². The summed E-state index contributed by atoms with van der Waals surface area (Å²) in [7, 11) is 0. The van der Waals surface area contributed by atoms with Crippen LogP contribution < -0.4 is 5.32 Å². The molecule has 0 radical (unpaired) electrons. The van der Waals surface area contributed by atoms with Crippen LogP contribution >= 0.6 is 23.2 Å². The lowest BCUT2D eigenvalue weighted by molar-refractivity contribution is 0.370. The summed E-state index contributed by atoms with van der Waals surface area (Å²) in [6, 6.07) is 5.12. The molecule has 0 unspecified atom stereocenters.